The summed E-state index contributed by atoms with van der Waals surface area (Å²) in [6, 6.07) is 4.44. The molecule has 7 heteroatoms. The van der Waals surface area contributed by atoms with Gasteiger partial charge >= 0.3 is 0 Å². The largest absolute Gasteiger partial charge is 0.492 e. The van der Waals surface area contributed by atoms with Crippen molar-refractivity contribution in [2.24, 2.45) is 11.1 Å². The van der Waals surface area contributed by atoms with Crippen molar-refractivity contribution in [1.29, 1.82) is 0 Å². The van der Waals surface area contributed by atoms with Crippen molar-refractivity contribution in [2.45, 2.75) is 37.5 Å². The van der Waals surface area contributed by atoms with Gasteiger partial charge in [-0.15, -0.1) is 0 Å². The summed E-state index contributed by atoms with van der Waals surface area (Å²) in [6.07, 6.45) is 3.81. The van der Waals surface area contributed by atoms with Gasteiger partial charge in [0.25, 0.3) is 0 Å². The summed E-state index contributed by atoms with van der Waals surface area (Å²) in [4.78, 5) is 11.7. The fraction of sp³-hybridized carbons (Fsp3) is 0.500. The average Bonchev–Trinajstić information content (AvgIpc) is 2.35. The van der Waals surface area contributed by atoms with Crippen molar-refractivity contribution in [3.63, 3.8) is 0 Å². The number of primary sulfonamides is 1. The van der Waals surface area contributed by atoms with Crippen LogP contribution in [-0.4, -0.2) is 20.9 Å². The third-order valence-electron chi connectivity index (χ3n) is 3.53. The zero-order valence-corrected chi connectivity index (χ0v) is 12.8. The fourth-order valence-electron chi connectivity index (χ4n) is 2.25. The molecule has 116 valence electrons. The molecule has 2 rings (SSSR count). The van der Waals surface area contributed by atoms with Crippen molar-refractivity contribution in [2.75, 3.05) is 11.9 Å². The van der Waals surface area contributed by atoms with Crippen LogP contribution in [0.2, 0.25) is 0 Å². The number of benzene rings is 1. The lowest BCUT2D eigenvalue weighted by Crippen LogP contribution is -2.21. The molecule has 1 aromatic rings. The van der Waals surface area contributed by atoms with Crippen LogP contribution in [0.15, 0.2) is 23.1 Å². The Morgan fingerprint density at radius 3 is 2.67 bits per heavy atom. The Morgan fingerprint density at radius 1 is 1.43 bits per heavy atom. The molecular formula is C14H20N2O4S. The van der Waals surface area contributed by atoms with Gasteiger partial charge in [-0.2, -0.15) is 0 Å². The Morgan fingerprint density at radius 2 is 2.14 bits per heavy atom. The first-order valence-electron chi connectivity index (χ1n) is 6.99. The van der Waals surface area contributed by atoms with Gasteiger partial charge in [0.1, 0.15) is 10.6 Å². The topological polar surface area (TPSA) is 98.5 Å². The minimum absolute atomic E-state index is 0.107. The molecule has 6 nitrogen and oxygen atoms in total. The van der Waals surface area contributed by atoms with Gasteiger partial charge in [-0.3, -0.25) is 4.79 Å². The maximum absolute atomic E-state index is 11.9. The number of amides is 1. The molecule has 0 unspecified atom stereocenters. The van der Waals surface area contributed by atoms with E-state index in [1.54, 1.807) is 13.0 Å². The van der Waals surface area contributed by atoms with Crippen LogP contribution in [0.25, 0.3) is 0 Å². The number of rotatable bonds is 6. The Bertz CT molecular complexity index is 624. The van der Waals surface area contributed by atoms with Gasteiger partial charge in [0.15, 0.2) is 0 Å². The number of carbonyl (C=O) groups is 1. The summed E-state index contributed by atoms with van der Waals surface area (Å²) >= 11 is 0. The van der Waals surface area contributed by atoms with Gasteiger partial charge in [0.2, 0.25) is 15.9 Å². The van der Waals surface area contributed by atoms with E-state index in [0.29, 0.717) is 24.6 Å². The molecule has 0 aromatic heterocycles. The highest BCUT2D eigenvalue weighted by Crippen LogP contribution is 2.30. The van der Waals surface area contributed by atoms with Crippen molar-refractivity contribution >= 4 is 21.6 Å². The van der Waals surface area contributed by atoms with E-state index < -0.39 is 10.0 Å². The molecular weight excluding hydrogens is 292 g/mol. The molecule has 0 atom stereocenters. The van der Waals surface area contributed by atoms with Crippen LogP contribution in [0.1, 0.15) is 32.6 Å². The van der Waals surface area contributed by atoms with Crippen molar-refractivity contribution < 1.29 is 17.9 Å². The van der Waals surface area contributed by atoms with Crippen LogP contribution in [0, 0.1) is 5.92 Å². The quantitative estimate of drug-likeness (QED) is 0.837. The van der Waals surface area contributed by atoms with Gasteiger partial charge < -0.3 is 10.1 Å². The second-order valence-electron chi connectivity index (χ2n) is 5.19. The number of ether oxygens (including phenoxy) is 1. The summed E-state index contributed by atoms with van der Waals surface area (Å²) in [5, 5.41) is 7.89. The average molecular weight is 312 g/mol. The van der Waals surface area contributed by atoms with Gasteiger partial charge in [-0.1, -0.05) is 6.42 Å². The van der Waals surface area contributed by atoms with E-state index in [1.807, 2.05) is 0 Å². The molecule has 0 spiro atoms. The van der Waals surface area contributed by atoms with Crippen LogP contribution >= 0.6 is 0 Å². The van der Waals surface area contributed by atoms with Gasteiger partial charge in [-0.05, 0) is 43.9 Å². The zero-order valence-electron chi connectivity index (χ0n) is 12.0. The molecule has 0 aliphatic heterocycles. The molecule has 1 fully saturated rings. The van der Waals surface area contributed by atoms with E-state index in [-0.39, 0.29) is 16.6 Å². The van der Waals surface area contributed by atoms with Crippen LogP contribution in [0.5, 0.6) is 5.75 Å². The van der Waals surface area contributed by atoms with Crippen LogP contribution in [0.4, 0.5) is 5.69 Å². The van der Waals surface area contributed by atoms with Crippen LogP contribution < -0.4 is 15.2 Å². The van der Waals surface area contributed by atoms with Crippen molar-refractivity contribution in [3.05, 3.63) is 18.2 Å². The maximum Gasteiger partial charge on any atom is 0.241 e. The number of carbonyl (C=O) groups excluding carboxylic acids is 1. The Hall–Kier alpha value is -1.60. The van der Waals surface area contributed by atoms with Crippen molar-refractivity contribution in [1.82, 2.24) is 0 Å². The van der Waals surface area contributed by atoms with Gasteiger partial charge in [-0.25, -0.2) is 13.6 Å². The fourth-order valence-corrected chi connectivity index (χ4v) is 2.95. The Balaban J connectivity index is 2.14. The molecule has 1 aliphatic carbocycles. The summed E-state index contributed by atoms with van der Waals surface area (Å²) in [7, 11) is -3.91. The van der Waals surface area contributed by atoms with Crippen LogP contribution in [-0.2, 0) is 14.8 Å². The number of sulfonamides is 1. The summed E-state index contributed by atoms with van der Waals surface area (Å²) in [6.45, 7) is 2.08. The zero-order chi connectivity index (χ0) is 15.5. The number of nitrogens with two attached hydrogens (primary N) is 1. The van der Waals surface area contributed by atoms with Crippen LogP contribution in [0.3, 0.4) is 0 Å². The molecule has 0 saturated heterocycles. The molecule has 0 bridgehead atoms. The normalized spacial score (nSPS) is 15.3. The molecule has 1 saturated carbocycles. The first kappa shape index (κ1) is 15.8. The summed E-state index contributed by atoms with van der Waals surface area (Å²) < 4.78 is 28.4. The monoisotopic (exact) mass is 312 g/mol. The molecule has 0 radical (unpaired) electrons. The minimum atomic E-state index is -3.91. The van der Waals surface area contributed by atoms with Gasteiger partial charge in [0.05, 0.1) is 6.61 Å². The molecule has 1 aliphatic rings. The van der Waals surface area contributed by atoms with E-state index in [2.05, 4.69) is 5.32 Å². The maximum atomic E-state index is 11.9. The highest BCUT2D eigenvalue weighted by molar-refractivity contribution is 7.89. The molecule has 1 aromatic carbocycles. The highest BCUT2D eigenvalue weighted by Gasteiger charge is 2.21. The predicted molar refractivity (Wildman–Crippen MR) is 79.6 cm³/mol. The van der Waals surface area contributed by atoms with Crippen molar-refractivity contribution in [3.8, 4) is 5.75 Å². The molecule has 1 amide bonds. The SMILES string of the molecule is CCOc1ccc(NC(=O)CC2CCC2)cc1S(N)(=O)=O. The van der Waals surface area contributed by atoms with E-state index in [9.17, 15) is 13.2 Å². The predicted octanol–water partition coefficient (Wildman–Crippen LogP) is 1.86. The minimum Gasteiger partial charge on any atom is -0.492 e. The molecule has 0 heterocycles. The number of hydrogen-bond donors (Lipinski definition) is 2. The lowest BCUT2D eigenvalue weighted by molar-refractivity contribution is -0.117. The van der Waals surface area contributed by atoms with E-state index in [0.717, 1.165) is 12.8 Å². The summed E-state index contributed by atoms with van der Waals surface area (Å²) in [5.74, 6) is 0.534. The first-order valence-corrected chi connectivity index (χ1v) is 8.54. The van der Waals surface area contributed by atoms with E-state index in [1.165, 1.54) is 18.6 Å². The van der Waals surface area contributed by atoms with E-state index in [4.69, 9.17) is 9.88 Å². The molecule has 3 N–H and O–H groups in total. The van der Waals surface area contributed by atoms with Gasteiger partial charge in [0, 0.05) is 12.1 Å². The Kier molecular flexibility index (Phi) is 4.84. The Labute approximate surface area is 124 Å². The number of nitrogens with one attached hydrogen (secondary N) is 1. The number of anilines is 1. The smallest absolute Gasteiger partial charge is 0.241 e. The third-order valence-corrected chi connectivity index (χ3v) is 4.46. The molecule has 21 heavy (non-hydrogen) atoms. The third kappa shape index (κ3) is 4.18. The lowest BCUT2D eigenvalue weighted by atomic mass is 9.83. The second-order valence-corrected chi connectivity index (χ2v) is 6.72. The summed E-state index contributed by atoms with van der Waals surface area (Å²) in [5.41, 5.74) is 0.409. The number of hydrogen-bond acceptors (Lipinski definition) is 4. The second kappa shape index (κ2) is 6.44. The standard InChI is InChI=1S/C14H20N2O4S/c1-2-20-12-7-6-11(9-13(12)21(15,18)19)16-14(17)8-10-4-3-5-10/h6-7,9-10H,2-5,8H2,1H3,(H,16,17)(H2,15,18,19). The van der Waals surface area contributed by atoms with E-state index >= 15 is 0 Å². The first-order chi connectivity index (χ1) is 9.90. The lowest BCUT2D eigenvalue weighted by Gasteiger charge is -2.24. The highest BCUT2D eigenvalue weighted by atomic mass is 32.2.